The van der Waals surface area contributed by atoms with Gasteiger partial charge >= 0.3 is 0 Å². The average molecular weight is 312 g/mol. The number of thiophene rings is 1. The van der Waals surface area contributed by atoms with Gasteiger partial charge in [0.1, 0.15) is 36.3 Å². The zero-order valence-corrected chi connectivity index (χ0v) is 11.8. The van der Waals surface area contributed by atoms with Crippen molar-refractivity contribution in [3.8, 4) is 5.75 Å². The van der Waals surface area contributed by atoms with E-state index < -0.39 is 37.1 Å². The number of ether oxygens (including phenoxy) is 1. The number of phenolic OH excluding ortho intramolecular Hbond substituents is 1. The van der Waals surface area contributed by atoms with E-state index in [-0.39, 0.29) is 5.75 Å². The third-order valence-electron chi connectivity index (χ3n) is 3.84. The van der Waals surface area contributed by atoms with Gasteiger partial charge in [0.05, 0.1) is 6.61 Å². The quantitative estimate of drug-likeness (QED) is 0.539. The van der Waals surface area contributed by atoms with Crippen molar-refractivity contribution in [1.29, 1.82) is 0 Å². The summed E-state index contributed by atoms with van der Waals surface area (Å²) in [4.78, 5) is 0. The molecule has 114 valence electrons. The molecular weight excluding hydrogens is 296 g/mol. The van der Waals surface area contributed by atoms with Gasteiger partial charge in [-0.25, -0.2) is 0 Å². The van der Waals surface area contributed by atoms with Gasteiger partial charge in [-0.1, -0.05) is 6.07 Å². The Hall–Kier alpha value is -1.22. The minimum atomic E-state index is -1.46. The van der Waals surface area contributed by atoms with Crippen LogP contribution in [0.2, 0.25) is 0 Å². The second-order valence-corrected chi connectivity index (χ2v) is 6.03. The fraction of sp³-hybridized carbons (Fsp3) is 0.429. The van der Waals surface area contributed by atoms with Crippen molar-refractivity contribution in [3.05, 3.63) is 29.1 Å². The standard InChI is InChI=1S/C14H16O6S/c15-5-8-11(17)12(18)13(19)14(20-8)7-1-2-9-6(10(7)16)3-4-21-9/h1-4,8,11-19H,5H2. The Bertz CT molecular complexity index is 639. The Labute approximate surface area is 124 Å². The number of rotatable bonds is 2. The highest BCUT2D eigenvalue weighted by Crippen LogP contribution is 2.40. The minimum Gasteiger partial charge on any atom is -0.507 e. The molecule has 1 aromatic heterocycles. The second kappa shape index (κ2) is 5.53. The number of aliphatic hydroxyl groups excluding tert-OH is 4. The zero-order chi connectivity index (χ0) is 15.1. The fourth-order valence-electron chi connectivity index (χ4n) is 2.63. The molecule has 1 aliphatic rings. The summed E-state index contributed by atoms with van der Waals surface area (Å²) in [5.41, 5.74) is 0.317. The van der Waals surface area contributed by atoms with Crippen LogP contribution in [0, 0.1) is 0 Å². The van der Waals surface area contributed by atoms with Gasteiger partial charge in [0.2, 0.25) is 0 Å². The van der Waals surface area contributed by atoms with Gasteiger partial charge in [0.15, 0.2) is 0 Å². The van der Waals surface area contributed by atoms with Crippen LogP contribution in [0.5, 0.6) is 5.75 Å². The molecule has 0 saturated carbocycles. The maximum Gasteiger partial charge on any atom is 0.130 e. The SMILES string of the molecule is OCC1OC(c2ccc3sccc3c2O)C(O)C(O)C1O. The molecule has 3 rings (SSSR count). The summed E-state index contributed by atoms with van der Waals surface area (Å²) in [5.74, 6) is -0.0296. The van der Waals surface area contributed by atoms with Crippen LogP contribution in [0.1, 0.15) is 11.7 Å². The van der Waals surface area contributed by atoms with E-state index in [0.717, 1.165) is 4.70 Å². The Morgan fingerprint density at radius 1 is 1.05 bits per heavy atom. The molecule has 5 unspecified atom stereocenters. The average Bonchev–Trinajstić information content (AvgIpc) is 2.96. The van der Waals surface area contributed by atoms with Crippen molar-refractivity contribution in [2.75, 3.05) is 6.61 Å². The van der Waals surface area contributed by atoms with E-state index >= 15 is 0 Å². The molecule has 7 heteroatoms. The third-order valence-corrected chi connectivity index (χ3v) is 4.72. The Morgan fingerprint density at radius 2 is 1.81 bits per heavy atom. The first-order chi connectivity index (χ1) is 10.0. The molecule has 1 aromatic carbocycles. The number of hydrogen-bond donors (Lipinski definition) is 5. The molecule has 5 N–H and O–H groups in total. The predicted octanol–water partition coefficient (Wildman–Crippen LogP) is 0.122. The van der Waals surface area contributed by atoms with E-state index in [9.17, 15) is 25.5 Å². The molecule has 0 radical (unpaired) electrons. The maximum atomic E-state index is 10.3. The summed E-state index contributed by atoms with van der Waals surface area (Å²) in [5, 5.41) is 51.7. The van der Waals surface area contributed by atoms with Crippen LogP contribution >= 0.6 is 11.3 Å². The molecule has 0 spiro atoms. The van der Waals surface area contributed by atoms with Gasteiger partial charge in [-0.05, 0) is 17.5 Å². The van der Waals surface area contributed by atoms with Crippen LogP contribution in [0.15, 0.2) is 23.6 Å². The number of aromatic hydroxyl groups is 1. The van der Waals surface area contributed by atoms with Crippen LogP contribution in [0.4, 0.5) is 0 Å². The van der Waals surface area contributed by atoms with E-state index in [4.69, 9.17) is 4.74 Å². The lowest BCUT2D eigenvalue weighted by Crippen LogP contribution is -2.55. The Kier molecular flexibility index (Phi) is 3.87. The molecule has 5 atom stereocenters. The summed E-state index contributed by atoms with van der Waals surface area (Å²) in [6, 6.07) is 5.15. The van der Waals surface area contributed by atoms with Crippen molar-refractivity contribution < 1.29 is 30.3 Å². The molecule has 0 aliphatic carbocycles. The first kappa shape index (κ1) is 14.7. The Balaban J connectivity index is 2.02. The molecule has 0 bridgehead atoms. The van der Waals surface area contributed by atoms with Crippen LogP contribution in [0.3, 0.4) is 0 Å². The normalized spacial score (nSPS) is 33.4. The van der Waals surface area contributed by atoms with Crippen molar-refractivity contribution >= 4 is 21.4 Å². The number of benzene rings is 1. The summed E-state index contributed by atoms with van der Waals surface area (Å²) < 4.78 is 6.35. The highest BCUT2D eigenvalue weighted by Gasteiger charge is 2.44. The summed E-state index contributed by atoms with van der Waals surface area (Å²) in [7, 11) is 0. The predicted molar refractivity (Wildman–Crippen MR) is 76.2 cm³/mol. The number of hydrogen-bond acceptors (Lipinski definition) is 7. The van der Waals surface area contributed by atoms with Crippen molar-refractivity contribution in [3.63, 3.8) is 0 Å². The molecule has 2 aromatic rings. The van der Waals surface area contributed by atoms with Crippen LogP contribution < -0.4 is 0 Å². The second-order valence-electron chi connectivity index (χ2n) is 5.09. The van der Waals surface area contributed by atoms with Crippen molar-refractivity contribution in [2.24, 2.45) is 0 Å². The van der Waals surface area contributed by atoms with E-state index in [2.05, 4.69) is 0 Å². The van der Waals surface area contributed by atoms with Gasteiger partial charge in [0.25, 0.3) is 0 Å². The molecule has 6 nitrogen and oxygen atoms in total. The van der Waals surface area contributed by atoms with E-state index in [1.165, 1.54) is 11.3 Å². The van der Waals surface area contributed by atoms with Gasteiger partial charge in [-0.15, -0.1) is 11.3 Å². The highest BCUT2D eigenvalue weighted by molar-refractivity contribution is 7.17. The van der Waals surface area contributed by atoms with Gasteiger partial charge in [0, 0.05) is 15.6 Å². The monoisotopic (exact) mass is 312 g/mol. The maximum absolute atomic E-state index is 10.3. The van der Waals surface area contributed by atoms with E-state index in [0.29, 0.717) is 10.9 Å². The molecular formula is C14H16O6S. The fourth-order valence-corrected chi connectivity index (χ4v) is 3.42. The Morgan fingerprint density at radius 3 is 2.52 bits per heavy atom. The molecule has 21 heavy (non-hydrogen) atoms. The first-order valence-corrected chi connectivity index (χ1v) is 7.42. The lowest BCUT2D eigenvalue weighted by molar-refractivity contribution is -0.232. The smallest absolute Gasteiger partial charge is 0.130 e. The van der Waals surface area contributed by atoms with Gasteiger partial charge in [-0.2, -0.15) is 0 Å². The van der Waals surface area contributed by atoms with Crippen LogP contribution in [-0.2, 0) is 4.74 Å². The lowest BCUT2D eigenvalue weighted by Gasteiger charge is -2.40. The molecule has 1 aliphatic heterocycles. The summed E-state index contributed by atoms with van der Waals surface area (Å²) >= 11 is 1.47. The topological polar surface area (TPSA) is 110 Å². The van der Waals surface area contributed by atoms with Gasteiger partial charge in [-0.3, -0.25) is 0 Å². The van der Waals surface area contributed by atoms with Crippen LogP contribution in [-0.4, -0.2) is 56.6 Å². The molecule has 1 fully saturated rings. The molecule has 1 saturated heterocycles. The van der Waals surface area contributed by atoms with E-state index in [1.807, 2.05) is 5.38 Å². The molecule has 2 heterocycles. The zero-order valence-electron chi connectivity index (χ0n) is 11.0. The number of aliphatic hydroxyl groups is 4. The minimum absolute atomic E-state index is 0.0296. The van der Waals surface area contributed by atoms with Crippen molar-refractivity contribution in [2.45, 2.75) is 30.5 Å². The molecule has 0 amide bonds. The van der Waals surface area contributed by atoms with Gasteiger partial charge < -0.3 is 30.3 Å². The third kappa shape index (κ3) is 2.32. The largest absolute Gasteiger partial charge is 0.507 e. The number of fused-ring (bicyclic) bond motifs is 1. The summed E-state index contributed by atoms with van der Waals surface area (Å²) in [6.45, 7) is -0.497. The highest BCUT2D eigenvalue weighted by atomic mass is 32.1. The number of phenols is 1. The van der Waals surface area contributed by atoms with Crippen molar-refractivity contribution in [1.82, 2.24) is 0 Å². The summed E-state index contributed by atoms with van der Waals surface area (Å²) in [6.07, 6.45) is -6.28. The van der Waals surface area contributed by atoms with E-state index in [1.54, 1.807) is 18.2 Å². The lowest BCUT2D eigenvalue weighted by atomic mass is 9.90. The first-order valence-electron chi connectivity index (χ1n) is 6.54. The van der Waals surface area contributed by atoms with Crippen LogP contribution in [0.25, 0.3) is 10.1 Å².